The minimum Gasteiger partial charge on any atom is -0.476 e. The summed E-state index contributed by atoms with van der Waals surface area (Å²) in [6.45, 7) is 3.33. The summed E-state index contributed by atoms with van der Waals surface area (Å²) in [7, 11) is 0. The number of carboxylic acids is 1. The first-order chi connectivity index (χ1) is 7.74. The van der Waals surface area contributed by atoms with Crippen LogP contribution in [0, 0.1) is 0 Å². The average molecular weight is 225 g/mol. The van der Waals surface area contributed by atoms with Crippen molar-refractivity contribution in [2.45, 2.75) is 32.1 Å². The summed E-state index contributed by atoms with van der Waals surface area (Å²) in [6.07, 6.45) is 2.39. The molecule has 0 amide bonds. The van der Waals surface area contributed by atoms with E-state index < -0.39 is 5.97 Å². The molecule has 1 aromatic rings. The number of nitrogens with zero attached hydrogens (tertiary/aromatic N) is 1. The van der Waals surface area contributed by atoms with E-state index in [0.717, 1.165) is 24.2 Å². The first-order valence-electron chi connectivity index (χ1n) is 5.53. The molecule has 0 spiro atoms. The Bertz CT molecular complexity index is 379. The molecule has 2 heterocycles. The van der Waals surface area contributed by atoms with E-state index in [4.69, 9.17) is 14.4 Å². The van der Waals surface area contributed by atoms with Crippen LogP contribution in [0.3, 0.4) is 0 Å². The zero-order valence-corrected chi connectivity index (χ0v) is 9.23. The van der Waals surface area contributed by atoms with Crippen molar-refractivity contribution >= 4 is 5.97 Å². The fraction of sp³-hybridized carbons (Fsp3) is 0.636. The summed E-state index contributed by atoms with van der Waals surface area (Å²) in [5.41, 5.74) is 0.795. The molecule has 1 N–H and O–H groups in total. The third-order valence-corrected chi connectivity index (χ3v) is 2.97. The molecular weight excluding hydrogens is 210 g/mol. The predicted molar refractivity (Wildman–Crippen MR) is 55.6 cm³/mol. The SMILES string of the molecule is CCc1c(C(=O)O)noc1C1CCOCC1. The van der Waals surface area contributed by atoms with Crippen molar-refractivity contribution in [2.75, 3.05) is 13.2 Å². The Morgan fingerprint density at radius 1 is 1.50 bits per heavy atom. The molecule has 0 aromatic carbocycles. The molecule has 1 aliphatic rings. The van der Waals surface area contributed by atoms with Gasteiger partial charge in [-0.25, -0.2) is 4.79 Å². The highest BCUT2D eigenvalue weighted by Crippen LogP contribution is 2.31. The molecule has 5 nitrogen and oxygen atoms in total. The van der Waals surface area contributed by atoms with E-state index in [-0.39, 0.29) is 11.6 Å². The lowest BCUT2D eigenvalue weighted by Gasteiger charge is -2.20. The second-order valence-corrected chi connectivity index (χ2v) is 3.92. The minimum absolute atomic E-state index is 0.0593. The van der Waals surface area contributed by atoms with Gasteiger partial charge < -0.3 is 14.4 Å². The van der Waals surface area contributed by atoms with Crippen molar-refractivity contribution < 1.29 is 19.2 Å². The topological polar surface area (TPSA) is 72.6 Å². The Kier molecular flexibility index (Phi) is 3.24. The van der Waals surface area contributed by atoms with Crippen LogP contribution in [0.5, 0.6) is 0 Å². The normalized spacial score (nSPS) is 17.6. The van der Waals surface area contributed by atoms with Crippen LogP contribution in [-0.4, -0.2) is 29.4 Å². The fourth-order valence-corrected chi connectivity index (χ4v) is 2.11. The van der Waals surface area contributed by atoms with E-state index in [9.17, 15) is 4.79 Å². The van der Waals surface area contributed by atoms with Crippen molar-refractivity contribution in [3.8, 4) is 0 Å². The zero-order valence-electron chi connectivity index (χ0n) is 9.23. The number of hydrogen-bond acceptors (Lipinski definition) is 4. The number of carbonyl (C=O) groups is 1. The van der Waals surface area contributed by atoms with Crippen LogP contribution in [0.25, 0.3) is 0 Å². The Morgan fingerprint density at radius 2 is 2.19 bits per heavy atom. The van der Waals surface area contributed by atoms with Gasteiger partial charge in [0.2, 0.25) is 0 Å². The molecule has 16 heavy (non-hydrogen) atoms. The Hall–Kier alpha value is -1.36. The van der Waals surface area contributed by atoms with Gasteiger partial charge in [-0.3, -0.25) is 0 Å². The Labute approximate surface area is 93.4 Å². The molecule has 0 aliphatic carbocycles. The largest absolute Gasteiger partial charge is 0.476 e. The van der Waals surface area contributed by atoms with E-state index in [2.05, 4.69) is 5.16 Å². The molecule has 88 valence electrons. The standard InChI is InChI=1S/C11H15NO4/c1-2-8-9(11(13)14)12-16-10(8)7-3-5-15-6-4-7/h7H,2-6H2,1H3,(H,13,14). The molecule has 1 aliphatic heterocycles. The van der Waals surface area contributed by atoms with Gasteiger partial charge in [0.1, 0.15) is 5.76 Å². The van der Waals surface area contributed by atoms with Crippen LogP contribution in [0.1, 0.15) is 47.5 Å². The number of rotatable bonds is 3. The highest BCUT2D eigenvalue weighted by atomic mass is 16.5. The summed E-state index contributed by atoms with van der Waals surface area (Å²) < 4.78 is 10.5. The third kappa shape index (κ3) is 1.95. The predicted octanol–water partition coefficient (Wildman–Crippen LogP) is 1.83. The molecule has 0 bridgehead atoms. The molecular formula is C11H15NO4. The van der Waals surface area contributed by atoms with E-state index in [1.165, 1.54) is 0 Å². The summed E-state index contributed by atoms with van der Waals surface area (Å²) in [4.78, 5) is 10.9. The maximum absolute atomic E-state index is 10.9. The van der Waals surface area contributed by atoms with Crippen molar-refractivity contribution in [2.24, 2.45) is 0 Å². The van der Waals surface area contributed by atoms with E-state index in [1.807, 2.05) is 6.92 Å². The van der Waals surface area contributed by atoms with Crippen molar-refractivity contribution in [3.05, 3.63) is 17.0 Å². The van der Waals surface area contributed by atoms with Gasteiger partial charge in [-0.15, -0.1) is 0 Å². The maximum atomic E-state index is 10.9. The van der Waals surface area contributed by atoms with Crippen molar-refractivity contribution in [1.29, 1.82) is 0 Å². The monoisotopic (exact) mass is 225 g/mol. The van der Waals surface area contributed by atoms with Crippen LogP contribution >= 0.6 is 0 Å². The summed E-state index contributed by atoms with van der Waals surface area (Å²) >= 11 is 0. The van der Waals surface area contributed by atoms with Crippen LogP contribution in [0.2, 0.25) is 0 Å². The first-order valence-corrected chi connectivity index (χ1v) is 5.53. The molecule has 0 atom stereocenters. The van der Waals surface area contributed by atoms with Crippen LogP contribution < -0.4 is 0 Å². The van der Waals surface area contributed by atoms with E-state index >= 15 is 0 Å². The zero-order chi connectivity index (χ0) is 11.5. The summed E-state index contributed by atoms with van der Waals surface area (Å²) in [5.74, 6) is -0.0218. The van der Waals surface area contributed by atoms with Crippen LogP contribution in [0.4, 0.5) is 0 Å². The van der Waals surface area contributed by atoms with Gasteiger partial charge >= 0.3 is 5.97 Å². The molecule has 0 saturated carbocycles. The van der Waals surface area contributed by atoms with E-state index in [1.54, 1.807) is 0 Å². The number of aromatic carboxylic acids is 1. The third-order valence-electron chi connectivity index (χ3n) is 2.97. The lowest BCUT2D eigenvalue weighted by molar-refractivity contribution is 0.0683. The van der Waals surface area contributed by atoms with Crippen molar-refractivity contribution in [1.82, 2.24) is 5.16 Å². The lowest BCUT2D eigenvalue weighted by Crippen LogP contribution is -2.15. The van der Waals surface area contributed by atoms with E-state index in [0.29, 0.717) is 19.6 Å². The van der Waals surface area contributed by atoms with Crippen LogP contribution in [0.15, 0.2) is 4.52 Å². The maximum Gasteiger partial charge on any atom is 0.358 e. The van der Waals surface area contributed by atoms with Gasteiger partial charge in [-0.2, -0.15) is 0 Å². The van der Waals surface area contributed by atoms with Gasteiger partial charge in [-0.05, 0) is 19.3 Å². The number of carboxylic acid groups (broad SMARTS) is 1. The molecule has 0 radical (unpaired) electrons. The van der Waals surface area contributed by atoms with Gasteiger partial charge in [0.25, 0.3) is 0 Å². The highest BCUT2D eigenvalue weighted by Gasteiger charge is 2.27. The lowest BCUT2D eigenvalue weighted by atomic mass is 9.93. The van der Waals surface area contributed by atoms with Gasteiger partial charge in [0.15, 0.2) is 5.69 Å². The molecule has 1 aromatic heterocycles. The van der Waals surface area contributed by atoms with Gasteiger partial charge in [0.05, 0.1) is 0 Å². The second-order valence-electron chi connectivity index (χ2n) is 3.92. The smallest absolute Gasteiger partial charge is 0.358 e. The second kappa shape index (κ2) is 4.65. The Morgan fingerprint density at radius 3 is 2.75 bits per heavy atom. The average Bonchev–Trinajstić information content (AvgIpc) is 2.73. The van der Waals surface area contributed by atoms with Crippen molar-refractivity contribution in [3.63, 3.8) is 0 Å². The Balaban J connectivity index is 2.29. The van der Waals surface area contributed by atoms with Crippen LogP contribution in [-0.2, 0) is 11.2 Å². The van der Waals surface area contributed by atoms with Gasteiger partial charge in [0, 0.05) is 24.7 Å². The minimum atomic E-state index is -1.01. The molecule has 2 rings (SSSR count). The number of ether oxygens (including phenoxy) is 1. The molecule has 5 heteroatoms. The van der Waals surface area contributed by atoms with Gasteiger partial charge in [-0.1, -0.05) is 12.1 Å². The number of aromatic nitrogens is 1. The quantitative estimate of drug-likeness (QED) is 0.849. The molecule has 1 saturated heterocycles. The number of hydrogen-bond donors (Lipinski definition) is 1. The summed E-state index contributed by atoms with van der Waals surface area (Å²) in [6, 6.07) is 0. The fourth-order valence-electron chi connectivity index (χ4n) is 2.11. The molecule has 0 unspecified atom stereocenters. The highest BCUT2D eigenvalue weighted by molar-refractivity contribution is 5.87. The first kappa shape index (κ1) is 11.1. The molecule has 1 fully saturated rings. The summed E-state index contributed by atoms with van der Waals surface area (Å²) in [5, 5.41) is 12.6.